The smallest absolute Gasteiger partial charge is 0.0220 e. The third-order valence-corrected chi connectivity index (χ3v) is 2.85. The van der Waals surface area contributed by atoms with Crippen LogP contribution >= 0.6 is 0 Å². The van der Waals surface area contributed by atoms with Gasteiger partial charge >= 0.3 is 0 Å². The molecule has 2 unspecified atom stereocenters. The van der Waals surface area contributed by atoms with E-state index in [1.807, 2.05) is 7.05 Å². The average molecular weight is 172 g/mol. The molecule has 0 bridgehead atoms. The van der Waals surface area contributed by atoms with Crippen LogP contribution in [0.4, 0.5) is 0 Å². The van der Waals surface area contributed by atoms with E-state index in [0.717, 1.165) is 0 Å². The predicted octanol–water partition coefficient (Wildman–Crippen LogP) is 1.71. The van der Waals surface area contributed by atoms with Crippen molar-refractivity contribution in [3.05, 3.63) is 0 Å². The standard InChI is InChI=1S/C10H24N2/c1-7-10(11-5)9(4)12(6)8(2)3/h8-11H,7H2,1-6H3. The van der Waals surface area contributed by atoms with Crippen LogP contribution in [0.1, 0.15) is 34.1 Å². The van der Waals surface area contributed by atoms with Crippen LogP contribution in [0, 0.1) is 0 Å². The Kier molecular flexibility index (Phi) is 5.51. The minimum Gasteiger partial charge on any atom is -0.315 e. The molecule has 0 aliphatic heterocycles. The normalized spacial score (nSPS) is 17.0. The molecule has 0 aromatic rings. The molecule has 0 aromatic heterocycles. The molecule has 12 heavy (non-hydrogen) atoms. The molecule has 0 aliphatic rings. The number of hydrogen-bond donors (Lipinski definition) is 1. The van der Waals surface area contributed by atoms with Crippen LogP contribution in [-0.2, 0) is 0 Å². The van der Waals surface area contributed by atoms with Crippen LogP contribution < -0.4 is 5.32 Å². The molecule has 0 amide bonds. The first-order chi connectivity index (χ1) is 5.54. The van der Waals surface area contributed by atoms with Crippen molar-refractivity contribution in [3.63, 3.8) is 0 Å². The van der Waals surface area contributed by atoms with Crippen LogP contribution in [0.25, 0.3) is 0 Å². The molecular formula is C10H24N2. The minimum atomic E-state index is 0.609. The van der Waals surface area contributed by atoms with Crippen molar-refractivity contribution >= 4 is 0 Å². The van der Waals surface area contributed by atoms with Gasteiger partial charge in [0, 0.05) is 18.1 Å². The van der Waals surface area contributed by atoms with Gasteiger partial charge in [0.2, 0.25) is 0 Å². The van der Waals surface area contributed by atoms with Crippen molar-refractivity contribution in [3.8, 4) is 0 Å². The summed E-state index contributed by atoms with van der Waals surface area (Å²) in [4.78, 5) is 2.41. The predicted molar refractivity (Wildman–Crippen MR) is 55.5 cm³/mol. The summed E-state index contributed by atoms with van der Waals surface area (Å²) >= 11 is 0. The third-order valence-electron chi connectivity index (χ3n) is 2.85. The molecule has 0 aromatic carbocycles. The summed E-state index contributed by atoms with van der Waals surface area (Å²) in [6.45, 7) is 8.98. The number of hydrogen-bond acceptors (Lipinski definition) is 2. The Morgan fingerprint density at radius 1 is 1.25 bits per heavy atom. The number of likely N-dealkylation sites (N-methyl/N-ethyl adjacent to an activating group) is 2. The monoisotopic (exact) mass is 172 g/mol. The lowest BCUT2D eigenvalue weighted by Gasteiger charge is -2.34. The highest BCUT2D eigenvalue weighted by atomic mass is 15.2. The largest absolute Gasteiger partial charge is 0.315 e. The molecule has 0 saturated heterocycles. The molecule has 2 nitrogen and oxygen atoms in total. The van der Waals surface area contributed by atoms with Gasteiger partial charge < -0.3 is 5.32 Å². The first kappa shape index (κ1) is 11.9. The van der Waals surface area contributed by atoms with Crippen LogP contribution in [0.3, 0.4) is 0 Å². The maximum absolute atomic E-state index is 3.35. The second-order valence-electron chi connectivity index (χ2n) is 3.80. The van der Waals surface area contributed by atoms with E-state index in [9.17, 15) is 0 Å². The second-order valence-corrected chi connectivity index (χ2v) is 3.80. The molecule has 0 fully saturated rings. The van der Waals surface area contributed by atoms with Crippen LogP contribution in [0.2, 0.25) is 0 Å². The molecule has 2 atom stereocenters. The third kappa shape index (κ3) is 3.11. The van der Waals surface area contributed by atoms with Crippen LogP contribution in [0.15, 0.2) is 0 Å². The summed E-state index contributed by atoms with van der Waals surface area (Å²) in [5, 5.41) is 3.35. The highest BCUT2D eigenvalue weighted by molar-refractivity contribution is 4.78. The summed E-state index contributed by atoms with van der Waals surface area (Å²) in [7, 11) is 4.23. The van der Waals surface area contributed by atoms with Gasteiger partial charge in [-0.3, -0.25) is 4.90 Å². The zero-order valence-corrected chi connectivity index (χ0v) is 9.39. The summed E-state index contributed by atoms with van der Waals surface area (Å²) in [5.41, 5.74) is 0. The van der Waals surface area contributed by atoms with E-state index >= 15 is 0 Å². The van der Waals surface area contributed by atoms with Crippen molar-refractivity contribution in [2.45, 2.75) is 52.2 Å². The Labute approximate surface area is 77.3 Å². The van der Waals surface area contributed by atoms with E-state index in [4.69, 9.17) is 0 Å². The van der Waals surface area contributed by atoms with Gasteiger partial charge in [0.1, 0.15) is 0 Å². The second kappa shape index (κ2) is 5.55. The molecule has 2 heteroatoms. The van der Waals surface area contributed by atoms with Crippen LogP contribution in [0.5, 0.6) is 0 Å². The van der Waals surface area contributed by atoms with Crippen molar-refractivity contribution in [1.29, 1.82) is 0 Å². The summed E-state index contributed by atoms with van der Waals surface area (Å²) in [6.07, 6.45) is 1.19. The fourth-order valence-electron chi connectivity index (χ4n) is 1.54. The Balaban J connectivity index is 4.05. The van der Waals surface area contributed by atoms with Gasteiger partial charge in [0.15, 0.2) is 0 Å². The molecule has 0 rings (SSSR count). The SMILES string of the molecule is CCC(NC)C(C)N(C)C(C)C. The molecule has 0 heterocycles. The highest BCUT2D eigenvalue weighted by Crippen LogP contribution is 2.08. The number of nitrogens with zero attached hydrogens (tertiary/aromatic N) is 1. The molecule has 0 spiro atoms. The van der Waals surface area contributed by atoms with E-state index in [1.54, 1.807) is 0 Å². The molecule has 0 aliphatic carbocycles. The van der Waals surface area contributed by atoms with Crippen molar-refractivity contribution in [1.82, 2.24) is 10.2 Å². The van der Waals surface area contributed by atoms with Gasteiger partial charge in [-0.05, 0) is 41.3 Å². The summed E-state index contributed by atoms with van der Waals surface area (Å²) < 4.78 is 0. The average Bonchev–Trinajstić information content (AvgIpc) is 2.05. The molecule has 0 saturated carbocycles. The summed E-state index contributed by atoms with van der Waals surface area (Å²) in [5.74, 6) is 0. The number of rotatable bonds is 5. The fraction of sp³-hybridized carbons (Fsp3) is 1.00. The quantitative estimate of drug-likeness (QED) is 0.679. The van der Waals surface area contributed by atoms with Crippen molar-refractivity contribution in [2.24, 2.45) is 0 Å². The lowest BCUT2D eigenvalue weighted by molar-refractivity contribution is 0.169. The van der Waals surface area contributed by atoms with E-state index in [0.29, 0.717) is 18.1 Å². The zero-order valence-electron chi connectivity index (χ0n) is 9.39. The van der Waals surface area contributed by atoms with E-state index in [2.05, 4.69) is 45.0 Å². The van der Waals surface area contributed by atoms with Gasteiger partial charge in [0.05, 0.1) is 0 Å². The first-order valence-electron chi connectivity index (χ1n) is 4.93. The zero-order chi connectivity index (χ0) is 9.72. The fourth-order valence-corrected chi connectivity index (χ4v) is 1.54. The molecule has 1 N–H and O–H groups in total. The van der Waals surface area contributed by atoms with Gasteiger partial charge in [0.25, 0.3) is 0 Å². The Morgan fingerprint density at radius 3 is 2.00 bits per heavy atom. The Bertz CT molecular complexity index is 106. The van der Waals surface area contributed by atoms with E-state index in [1.165, 1.54) is 6.42 Å². The van der Waals surface area contributed by atoms with Crippen molar-refractivity contribution in [2.75, 3.05) is 14.1 Å². The lowest BCUT2D eigenvalue weighted by atomic mass is 10.1. The molecule has 74 valence electrons. The minimum absolute atomic E-state index is 0.609. The van der Waals surface area contributed by atoms with Gasteiger partial charge in [-0.1, -0.05) is 6.92 Å². The number of nitrogens with one attached hydrogen (secondary N) is 1. The van der Waals surface area contributed by atoms with Crippen LogP contribution in [-0.4, -0.2) is 37.1 Å². The van der Waals surface area contributed by atoms with E-state index < -0.39 is 0 Å². The van der Waals surface area contributed by atoms with E-state index in [-0.39, 0.29) is 0 Å². The highest BCUT2D eigenvalue weighted by Gasteiger charge is 2.19. The topological polar surface area (TPSA) is 15.3 Å². The Morgan fingerprint density at radius 2 is 1.75 bits per heavy atom. The summed E-state index contributed by atoms with van der Waals surface area (Å²) in [6, 6.07) is 1.85. The van der Waals surface area contributed by atoms with Gasteiger partial charge in [-0.2, -0.15) is 0 Å². The maximum atomic E-state index is 3.35. The van der Waals surface area contributed by atoms with Gasteiger partial charge in [-0.15, -0.1) is 0 Å². The van der Waals surface area contributed by atoms with Gasteiger partial charge in [-0.25, -0.2) is 0 Å². The lowest BCUT2D eigenvalue weighted by Crippen LogP contribution is -2.47. The molecule has 0 radical (unpaired) electrons. The Hall–Kier alpha value is -0.0800. The maximum Gasteiger partial charge on any atom is 0.0220 e. The van der Waals surface area contributed by atoms with Crippen molar-refractivity contribution < 1.29 is 0 Å². The molecular weight excluding hydrogens is 148 g/mol. The first-order valence-corrected chi connectivity index (χ1v) is 4.93.